The van der Waals surface area contributed by atoms with Crippen molar-refractivity contribution in [2.45, 2.75) is 6.18 Å². The lowest BCUT2D eigenvalue weighted by Crippen LogP contribution is -2.06. The monoisotopic (exact) mass is 393 g/mol. The van der Waals surface area contributed by atoms with Crippen LogP contribution in [0.5, 0.6) is 0 Å². The minimum absolute atomic E-state index is 0.166. The molecule has 0 saturated carbocycles. The second kappa shape index (κ2) is 7.47. The molecular weight excluding hydrogens is 382 g/mol. The number of hydrogen-bond acceptors (Lipinski definition) is 6. The summed E-state index contributed by atoms with van der Waals surface area (Å²) in [5, 5.41) is 16.8. The molecule has 0 radical (unpaired) electrons. The quantitative estimate of drug-likeness (QED) is 0.359. The highest BCUT2D eigenvalue weighted by molar-refractivity contribution is 5.76. The number of nitrogens with one attached hydrogen (secondary N) is 2. The van der Waals surface area contributed by atoms with Crippen molar-refractivity contribution in [1.29, 1.82) is 0 Å². The number of nitro groups is 1. The number of aromatic nitrogens is 2. The molecule has 0 fully saturated rings. The maximum absolute atomic E-state index is 13.0. The average molecular weight is 393 g/mol. The maximum atomic E-state index is 13.0. The summed E-state index contributed by atoms with van der Waals surface area (Å²) in [6.45, 7) is 0. The largest absolute Gasteiger partial charge is 0.416 e. The van der Waals surface area contributed by atoms with Crippen LogP contribution in [0.1, 0.15) is 5.56 Å². The normalized spacial score (nSPS) is 11.1. The van der Waals surface area contributed by atoms with Gasteiger partial charge in [0.15, 0.2) is 0 Å². The Hall–Kier alpha value is -3.76. The minimum atomic E-state index is -4.49. The molecule has 3 aromatic rings. The zero-order chi connectivity index (χ0) is 20.3. The van der Waals surface area contributed by atoms with E-state index in [1.807, 2.05) is 0 Å². The molecule has 0 unspecified atom stereocenters. The molecule has 1 heterocycles. The number of rotatable bonds is 5. The van der Waals surface area contributed by atoms with Gasteiger partial charge in [0.25, 0.3) is 0 Å². The van der Waals surface area contributed by atoms with Gasteiger partial charge in [0.2, 0.25) is 11.6 Å². The molecular formula is C17H11F4N5O2. The van der Waals surface area contributed by atoms with Crippen molar-refractivity contribution in [3.63, 3.8) is 0 Å². The van der Waals surface area contributed by atoms with E-state index in [4.69, 9.17) is 0 Å². The maximum Gasteiger partial charge on any atom is 0.416 e. The predicted octanol–water partition coefficient (Wildman–Crippen LogP) is 5.03. The predicted molar refractivity (Wildman–Crippen MR) is 93.1 cm³/mol. The highest BCUT2D eigenvalue weighted by Crippen LogP contribution is 2.34. The molecule has 0 amide bonds. The molecule has 28 heavy (non-hydrogen) atoms. The third kappa shape index (κ3) is 4.31. The fourth-order valence-electron chi connectivity index (χ4n) is 2.28. The van der Waals surface area contributed by atoms with E-state index in [-0.39, 0.29) is 17.3 Å². The highest BCUT2D eigenvalue weighted by atomic mass is 19.4. The Kier molecular flexibility index (Phi) is 5.07. The number of benzene rings is 2. The molecule has 3 rings (SSSR count). The molecule has 0 spiro atoms. The van der Waals surface area contributed by atoms with Crippen LogP contribution < -0.4 is 10.6 Å². The standard InChI is InChI=1S/C17H11F4N5O2/c18-11-3-7-13(8-4-11)25-16-14(26(27)28)15(22-9-23-16)24-12-5-1-10(2-6-12)17(19,20)21/h1-9H,(H2,22,23,24,25). The zero-order valence-electron chi connectivity index (χ0n) is 13.9. The molecule has 0 aliphatic rings. The van der Waals surface area contributed by atoms with Crippen LogP contribution in [-0.4, -0.2) is 14.9 Å². The van der Waals surface area contributed by atoms with Gasteiger partial charge in [0, 0.05) is 11.4 Å². The number of nitrogens with zero attached hydrogens (tertiary/aromatic N) is 3. The minimum Gasteiger partial charge on any atom is -0.334 e. The summed E-state index contributed by atoms with van der Waals surface area (Å²) in [5.74, 6) is -0.863. The smallest absolute Gasteiger partial charge is 0.334 e. The average Bonchev–Trinajstić information content (AvgIpc) is 2.63. The molecule has 0 aliphatic carbocycles. The highest BCUT2D eigenvalue weighted by Gasteiger charge is 2.30. The lowest BCUT2D eigenvalue weighted by molar-refractivity contribution is -0.383. The molecule has 0 saturated heterocycles. The van der Waals surface area contributed by atoms with E-state index in [2.05, 4.69) is 20.6 Å². The Morgan fingerprint density at radius 1 is 0.857 bits per heavy atom. The Balaban J connectivity index is 1.91. The summed E-state index contributed by atoms with van der Waals surface area (Å²) in [7, 11) is 0. The second-order valence-electron chi connectivity index (χ2n) is 5.51. The molecule has 7 nitrogen and oxygen atoms in total. The Labute approximate surface area is 155 Å². The zero-order valence-corrected chi connectivity index (χ0v) is 13.9. The molecule has 0 bridgehead atoms. The van der Waals surface area contributed by atoms with Crippen molar-refractivity contribution in [3.05, 3.63) is 76.4 Å². The SMILES string of the molecule is O=[N+]([O-])c1c(Nc2ccc(F)cc2)ncnc1Nc1ccc(C(F)(F)F)cc1. The van der Waals surface area contributed by atoms with Crippen LogP contribution in [0, 0.1) is 15.9 Å². The van der Waals surface area contributed by atoms with Crippen LogP contribution in [-0.2, 0) is 6.18 Å². The summed E-state index contributed by atoms with van der Waals surface area (Å²) < 4.78 is 50.9. The van der Waals surface area contributed by atoms with Crippen molar-refractivity contribution in [1.82, 2.24) is 9.97 Å². The summed E-state index contributed by atoms with van der Waals surface area (Å²) in [6.07, 6.45) is -3.45. The summed E-state index contributed by atoms with van der Waals surface area (Å²) >= 11 is 0. The topological polar surface area (TPSA) is 93.0 Å². The first-order valence-electron chi connectivity index (χ1n) is 7.70. The first-order chi connectivity index (χ1) is 13.2. The number of halogens is 4. The van der Waals surface area contributed by atoms with Gasteiger partial charge in [-0.2, -0.15) is 13.2 Å². The van der Waals surface area contributed by atoms with Crippen molar-refractivity contribution < 1.29 is 22.5 Å². The van der Waals surface area contributed by atoms with Crippen LogP contribution in [0.15, 0.2) is 54.9 Å². The van der Waals surface area contributed by atoms with Crippen LogP contribution in [0.3, 0.4) is 0 Å². The molecule has 1 aromatic heterocycles. The molecule has 0 atom stereocenters. The van der Waals surface area contributed by atoms with E-state index in [9.17, 15) is 27.7 Å². The van der Waals surface area contributed by atoms with Gasteiger partial charge in [-0.1, -0.05) is 0 Å². The fourth-order valence-corrected chi connectivity index (χ4v) is 2.28. The third-order valence-electron chi connectivity index (χ3n) is 3.59. The van der Waals surface area contributed by atoms with Crippen molar-refractivity contribution in [2.24, 2.45) is 0 Å². The number of anilines is 4. The summed E-state index contributed by atoms with van der Waals surface area (Å²) in [4.78, 5) is 18.4. The first-order valence-corrected chi connectivity index (χ1v) is 7.70. The van der Waals surface area contributed by atoms with Gasteiger partial charge in [-0.05, 0) is 48.5 Å². The van der Waals surface area contributed by atoms with Crippen molar-refractivity contribution in [3.8, 4) is 0 Å². The van der Waals surface area contributed by atoms with Gasteiger partial charge >= 0.3 is 11.9 Å². The van der Waals surface area contributed by atoms with Crippen LogP contribution in [0.25, 0.3) is 0 Å². The van der Waals surface area contributed by atoms with E-state index < -0.39 is 28.2 Å². The van der Waals surface area contributed by atoms with E-state index in [0.717, 1.165) is 42.7 Å². The Bertz CT molecular complexity index is 992. The Morgan fingerprint density at radius 3 is 1.75 bits per heavy atom. The molecule has 0 aliphatic heterocycles. The molecule has 11 heteroatoms. The number of hydrogen-bond donors (Lipinski definition) is 2. The van der Waals surface area contributed by atoms with Gasteiger partial charge in [0.1, 0.15) is 12.1 Å². The van der Waals surface area contributed by atoms with Crippen LogP contribution in [0.2, 0.25) is 0 Å². The van der Waals surface area contributed by atoms with E-state index >= 15 is 0 Å². The van der Waals surface area contributed by atoms with Gasteiger partial charge < -0.3 is 10.6 Å². The lowest BCUT2D eigenvalue weighted by Gasteiger charge is -2.11. The lowest BCUT2D eigenvalue weighted by atomic mass is 10.2. The van der Waals surface area contributed by atoms with Gasteiger partial charge in [-0.3, -0.25) is 10.1 Å². The molecule has 144 valence electrons. The third-order valence-corrected chi connectivity index (χ3v) is 3.59. The van der Waals surface area contributed by atoms with Crippen molar-refractivity contribution in [2.75, 3.05) is 10.6 Å². The number of alkyl halides is 3. The molecule has 2 N–H and O–H groups in total. The summed E-state index contributed by atoms with van der Waals surface area (Å²) in [6, 6.07) is 8.99. The van der Waals surface area contributed by atoms with Crippen LogP contribution in [0.4, 0.5) is 46.3 Å². The molecule has 2 aromatic carbocycles. The Morgan fingerprint density at radius 2 is 1.32 bits per heavy atom. The van der Waals surface area contributed by atoms with E-state index in [0.29, 0.717) is 5.69 Å². The van der Waals surface area contributed by atoms with Crippen LogP contribution >= 0.6 is 0 Å². The van der Waals surface area contributed by atoms with E-state index in [1.54, 1.807) is 0 Å². The first kappa shape index (κ1) is 19.0. The van der Waals surface area contributed by atoms with Gasteiger partial charge in [-0.25, -0.2) is 14.4 Å². The second-order valence-corrected chi connectivity index (χ2v) is 5.51. The van der Waals surface area contributed by atoms with Gasteiger partial charge in [0.05, 0.1) is 10.5 Å². The fraction of sp³-hybridized carbons (Fsp3) is 0.0588. The van der Waals surface area contributed by atoms with Crippen molar-refractivity contribution >= 4 is 28.7 Å². The summed E-state index contributed by atoms with van der Waals surface area (Å²) in [5.41, 5.74) is -0.855. The van der Waals surface area contributed by atoms with Gasteiger partial charge in [-0.15, -0.1) is 0 Å². The van der Waals surface area contributed by atoms with E-state index in [1.165, 1.54) is 12.1 Å².